The molecule has 0 amide bonds. The lowest BCUT2D eigenvalue weighted by Crippen LogP contribution is -2.56. The van der Waals surface area contributed by atoms with Crippen molar-refractivity contribution < 1.29 is 0 Å². The van der Waals surface area contributed by atoms with E-state index in [4.69, 9.17) is 5.73 Å². The highest BCUT2D eigenvalue weighted by Gasteiger charge is 2.46. The maximum absolute atomic E-state index is 6.09. The monoisotopic (exact) mass is 228 g/mol. The van der Waals surface area contributed by atoms with Crippen LogP contribution in [0.2, 0.25) is 0 Å². The van der Waals surface area contributed by atoms with Crippen molar-refractivity contribution in [2.45, 2.75) is 38.1 Å². The molecule has 0 spiro atoms. The van der Waals surface area contributed by atoms with E-state index in [-0.39, 0.29) is 0 Å². The summed E-state index contributed by atoms with van der Waals surface area (Å²) in [5, 5.41) is 0. The summed E-state index contributed by atoms with van der Waals surface area (Å²) in [4.78, 5) is 2.71. The fraction of sp³-hybridized carbons (Fsp3) is 1.00. The third-order valence-electron chi connectivity index (χ3n) is 4.16. The van der Waals surface area contributed by atoms with Crippen LogP contribution in [0.15, 0.2) is 0 Å². The molecule has 1 heterocycles. The highest BCUT2D eigenvalue weighted by molar-refractivity contribution is 7.99. The highest BCUT2D eigenvalue weighted by atomic mass is 32.2. The molecule has 0 aromatic heterocycles. The average molecular weight is 228 g/mol. The molecular weight excluding hydrogens is 204 g/mol. The Labute approximate surface area is 98.0 Å². The molecule has 1 aliphatic heterocycles. The lowest BCUT2D eigenvalue weighted by Gasteiger charge is -2.43. The van der Waals surface area contributed by atoms with Gasteiger partial charge in [0, 0.05) is 24.4 Å². The van der Waals surface area contributed by atoms with E-state index in [0.717, 1.165) is 12.5 Å². The topological polar surface area (TPSA) is 29.3 Å². The van der Waals surface area contributed by atoms with Crippen molar-refractivity contribution in [1.82, 2.24) is 4.90 Å². The number of hydrogen-bond donors (Lipinski definition) is 1. The largest absolute Gasteiger partial charge is 0.329 e. The molecule has 0 radical (unpaired) electrons. The van der Waals surface area contributed by atoms with E-state index < -0.39 is 0 Å². The summed E-state index contributed by atoms with van der Waals surface area (Å²) in [5.41, 5.74) is 6.44. The lowest BCUT2D eigenvalue weighted by molar-refractivity contribution is 0.0764. The summed E-state index contributed by atoms with van der Waals surface area (Å²) in [5.74, 6) is 3.54. The van der Waals surface area contributed by atoms with Gasteiger partial charge in [-0.1, -0.05) is 6.92 Å². The van der Waals surface area contributed by atoms with Crippen molar-refractivity contribution in [1.29, 1.82) is 0 Å². The minimum absolute atomic E-state index is 0.352. The first-order valence-corrected chi connectivity index (χ1v) is 7.52. The lowest BCUT2D eigenvalue weighted by atomic mass is 9.87. The fourth-order valence-corrected chi connectivity index (χ4v) is 3.91. The molecule has 0 aromatic carbocycles. The zero-order valence-electron chi connectivity index (χ0n) is 9.87. The molecule has 1 unspecified atom stereocenters. The van der Waals surface area contributed by atoms with E-state index >= 15 is 0 Å². The second-order valence-corrected chi connectivity index (χ2v) is 6.11. The van der Waals surface area contributed by atoms with Crippen molar-refractivity contribution in [3.05, 3.63) is 0 Å². The summed E-state index contributed by atoms with van der Waals surface area (Å²) in [6.07, 6.45) is 5.40. The maximum Gasteiger partial charge on any atom is 0.0357 e. The smallest absolute Gasteiger partial charge is 0.0357 e. The molecular formula is C12H24N2S. The Balaban J connectivity index is 2.07. The summed E-state index contributed by atoms with van der Waals surface area (Å²) in [7, 11) is 0. The second-order valence-electron chi connectivity index (χ2n) is 4.89. The quantitative estimate of drug-likeness (QED) is 0.797. The van der Waals surface area contributed by atoms with Gasteiger partial charge in [0.15, 0.2) is 0 Å². The van der Waals surface area contributed by atoms with E-state index in [1.165, 1.54) is 50.3 Å². The summed E-state index contributed by atoms with van der Waals surface area (Å²) < 4.78 is 0. The van der Waals surface area contributed by atoms with E-state index in [9.17, 15) is 0 Å². The maximum atomic E-state index is 6.09. The molecule has 2 rings (SSSR count). The first-order valence-electron chi connectivity index (χ1n) is 6.36. The zero-order chi connectivity index (χ0) is 10.7. The molecule has 2 aliphatic rings. The van der Waals surface area contributed by atoms with Crippen LogP contribution in [-0.4, -0.2) is 41.6 Å². The predicted octanol–water partition coefficient (Wildman–Crippen LogP) is 1.94. The number of nitrogens with two attached hydrogens (primary N) is 1. The molecule has 1 saturated heterocycles. The van der Waals surface area contributed by atoms with Crippen LogP contribution in [0.3, 0.4) is 0 Å². The number of rotatable bonds is 4. The van der Waals surface area contributed by atoms with Gasteiger partial charge in [0.1, 0.15) is 0 Å². The van der Waals surface area contributed by atoms with Gasteiger partial charge in [0.05, 0.1) is 0 Å². The van der Waals surface area contributed by atoms with Gasteiger partial charge in [-0.3, -0.25) is 4.90 Å². The van der Waals surface area contributed by atoms with Crippen molar-refractivity contribution >= 4 is 11.8 Å². The minimum atomic E-state index is 0.352. The Bertz CT molecular complexity index is 192. The SMILES string of the molecule is CCC(CN)(C1CC1)N1CCCSCC1. The number of hydrogen-bond acceptors (Lipinski definition) is 3. The Morgan fingerprint density at radius 1 is 1.33 bits per heavy atom. The molecule has 2 nitrogen and oxygen atoms in total. The Hall–Kier alpha value is 0.270. The van der Waals surface area contributed by atoms with Crippen LogP contribution in [-0.2, 0) is 0 Å². The molecule has 2 fully saturated rings. The molecule has 1 aliphatic carbocycles. The molecule has 0 bridgehead atoms. The minimum Gasteiger partial charge on any atom is -0.329 e. The van der Waals surface area contributed by atoms with Gasteiger partial charge in [-0.2, -0.15) is 11.8 Å². The first kappa shape index (κ1) is 11.7. The molecule has 15 heavy (non-hydrogen) atoms. The summed E-state index contributed by atoms with van der Waals surface area (Å²) in [6.45, 7) is 5.71. The van der Waals surface area contributed by atoms with Crippen LogP contribution in [0.5, 0.6) is 0 Å². The summed E-state index contributed by atoms with van der Waals surface area (Å²) >= 11 is 2.11. The molecule has 1 saturated carbocycles. The molecule has 0 aromatic rings. The van der Waals surface area contributed by atoms with E-state index in [1.807, 2.05) is 0 Å². The average Bonchev–Trinajstić information content (AvgIpc) is 3.07. The van der Waals surface area contributed by atoms with Crippen molar-refractivity contribution in [2.24, 2.45) is 11.7 Å². The molecule has 1 atom stereocenters. The zero-order valence-corrected chi connectivity index (χ0v) is 10.7. The standard InChI is InChI=1S/C12H24N2S/c1-2-12(10-13,11-4-5-11)14-6-3-8-15-9-7-14/h11H,2-10,13H2,1H3. The van der Waals surface area contributed by atoms with Crippen molar-refractivity contribution in [3.63, 3.8) is 0 Å². The van der Waals surface area contributed by atoms with Crippen LogP contribution < -0.4 is 5.73 Å². The normalized spacial score (nSPS) is 28.4. The first-order chi connectivity index (χ1) is 7.33. The number of thioether (sulfide) groups is 1. The van der Waals surface area contributed by atoms with Gasteiger partial charge >= 0.3 is 0 Å². The fourth-order valence-electron chi connectivity index (χ4n) is 3.02. The molecule has 2 N–H and O–H groups in total. The van der Waals surface area contributed by atoms with Crippen LogP contribution >= 0.6 is 11.8 Å². The van der Waals surface area contributed by atoms with Crippen LogP contribution in [0.25, 0.3) is 0 Å². The van der Waals surface area contributed by atoms with Crippen molar-refractivity contribution in [3.8, 4) is 0 Å². The van der Waals surface area contributed by atoms with Gasteiger partial charge in [0.25, 0.3) is 0 Å². The van der Waals surface area contributed by atoms with Gasteiger partial charge in [-0.25, -0.2) is 0 Å². The van der Waals surface area contributed by atoms with E-state index in [1.54, 1.807) is 0 Å². The van der Waals surface area contributed by atoms with Crippen LogP contribution in [0, 0.1) is 5.92 Å². The van der Waals surface area contributed by atoms with Gasteiger partial charge < -0.3 is 5.73 Å². The Morgan fingerprint density at radius 2 is 2.13 bits per heavy atom. The second kappa shape index (κ2) is 5.07. The Morgan fingerprint density at radius 3 is 2.73 bits per heavy atom. The highest BCUT2D eigenvalue weighted by Crippen LogP contribution is 2.45. The van der Waals surface area contributed by atoms with Gasteiger partial charge in [0.2, 0.25) is 0 Å². The predicted molar refractivity (Wildman–Crippen MR) is 68.3 cm³/mol. The van der Waals surface area contributed by atoms with Crippen LogP contribution in [0.1, 0.15) is 32.6 Å². The third-order valence-corrected chi connectivity index (χ3v) is 5.20. The van der Waals surface area contributed by atoms with E-state index in [2.05, 4.69) is 23.6 Å². The molecule has 3 heteroatoms. The van der Waals surface area contributed by atoms with Crippen molar-refractivity contribution in [2.75, 3.05) is 31.1 Å². The number of nitrogens with zero attached hydrogens (tertiary/aromatic N) is 1. The molecule has 88 valence electrons. The van der Waals surface area contributed by atoms with Gasteiger partial charge in [-0.15, -0.1) is 0 Å². The Kier molecular flexibility index (Phi) is 3.97. The summed E-state index contributed by atoms with van der Waals surface area (Å²) in [6, 6.07) is 0. The van der Waals surface area contributed by atoms with E-state index in [0.29, 0.717) is 5.54 Å². The van der Waals surface area contributed by atoms with Crippen LogP contribution in [0.4, 0.5) is 0 Å². The third kappa shape index (κ3) is 2.34. The van der Waals surface area contributed by atoms with Gasteiger partial charge in [-0.05, 0) is 43.9 Å².